The Hall–Kier alpha value is -4.02. The van der Waals surface area contributed by atoms with E-state index in [2.05, 4.69) is 10.7 Å². The van der Waals surface area contributed by atoms with E-state index in [-0.39, 0.29) is 35.5 Å². The molecular formula is C23H26ClN7O3. The van der Waals surface area contributed by atoms with E-state index in [1.807, 2.05) is 0 Å². The molecule has 1 amide bonds. The molecule has 2 aromatic carbocycles. The maximum atomic E-state index is 13.2. The molecule has 34 heavy (non-hydrogen) atoms. The molecule has 0 aliphatic heterocycles. The number of nitrogens with one attached hydrogen (secondary N) is 3. The van der Waals surface area contributed by atoms with Crippen LogP contribution in [0.25, 0.3) is 0 Å². The van der Waals surface area contributed by atoms with Crippen LogP contribution in [0.3, 0.4) is 0 Å². The summed E-state index contributed by atoms with van der Waals surface area (Å²) in [4.78, 5) is 25.9. The summed E-state index contributed by atoms with van der Waals surface area (Å²) in [6, 6.07) is 15.1. The lowest BCUT2D eigenvalue weighted by Gasteiger charge is -2.19. The molecule has 178 valence electrons. The second-order valence-corrected chi connectivity index (χ2v) is 8.07. The number of hydrogen-bond donors (Lipinski definition) is 5. The van der Waals surface area contributed by atoms with Gasteiger partial charge >= 0.3 is 0 Å². The second kappa shape index (κ2) is 10.7. The summed E-state index contributed by atoms with van der Waals surface area (Å²) in [5, 5.41) is 11.9. The SMILES string of the molecule is CN(C)Nc1c(Cl)cc(Oc2cccc(N)c2)n(CC(=O)NCc2ccc(C(=N)N)cc2)c1=O. The molecule has 0 unspecified atom stereocenters. The minimum atomic E-state index is -0.527. The number of carbonyl (C=O) groups excluding carboxylic acids is 1. The molecule has 0 aliphatic carbocycles. The van der Waals surface area contributed by atoms with E-state index in [9.17, 15) is 9.59 Å². The monoisotopic (exact) mass is 483 g/mol. The topological polar surface area (TPSA) is 151 Å². The largest absolute Gasteiger partial charge is 0.441 e. The van der Waals surface area contributed by atoms with E-state index in [0.29, 0.717) is 17.0 Å². The van der Waals surface area contributed by atoms with Crippen molar-refractivity contribution in [1.29, 1.82) is 5.41 Å². The molecule has 0 saturated carbocycles. The Morgan fingerprint density at radius 3 is 2.50 bits per heavy atom. The normalized spacial score (nSPS) is 10.7. The van der Waals surface area contributed by atoms with Crippen LogP contribution >= 0.6 is 11.6 Å². The number of nitrogens with two attached hydrogens (primary N) is 2. The predicted octanol–water partition coefficient (Wildman–Crippen LogP) is 2.37. The number of pyridine rings is 1. The van der Waals surface area contributed by atoms with Crippen LogP contribution in [0.1, 0.15) is 11.1 Å². The summed E-state index contributed by atoms with van der Waals surface area (Å²) in [6.07, 6.45) is 0. The smallest absolute Gasteiger partial charge is 0.280 e. The lowest BCUT2D eigenvalue weighted by Crippen LogP contribution is -2.35. The number of ether oxygens (including phenoxy) is 1. The zero-order valence-corrected chi connectivity index (χ0v) is 19.5. The molecule has 7 N–H and O–H groups in total. The van der Waals surface area contributed by atoms with E-state index in [1.54, 1.807) is 67.6 Å². The number of nitrogens with zero attached hydrogens (tertiary/aromatic N) is 2. The number of hydrazine groups is 1. The second-order valence-electron chi connectivity index (χ2n) is 7.66. The third kappa shape index (κ3) is 6.27. The zero-order valence-electron chi connectivity index (χ0n) is 18.8. The van der Waals surface area contributed by atoms with Crippen LogP contribution in [0.5, 0.6) is 11.6 Å². The maximum Gasteiger partial charge on any atom is 0.280 e. The molecule has 1 heterocycles. The molecule has 0 fully saturated rings. The average molecular weight is 484 g/mol. The zero-order chi connectivity index (χ0) is 24.8. The van der Waals surface area contributed by atoms with Gasteiger partial charge in [-0.05, 0) is 17.7 Å². The van der Waals surface area contributed by atoms with E-state index in [4.69, 9.17) is 33.2 Å². The fourth-order valence-corrected chi connectivity index (χ4v) is 3.27. The Balaban J connectivity index is 1.85. The molecule has 11 heteroatoms. The van der Waals surface area contributed by atoms with Gasteiger partial charge in [0.15, 0.2) is 0 Å². The fraction of sp³-hybridized carbons (Fsp3) is 0.174. The standard InChI is InChI=1S/C23H26ClN7O3/c1-30(2)29-21-18(24)11-20(34-17-5-3-4-16(25)10-17)31(23(21)33)13-19(32)28-12-14-6-8-15(9-7-14)22(26)27/h3-11,29H,12-13,25H2,1-2H3,(H3,26,27)(H,28,32). The molecule has 0 aliphatic rings. The highest BCUT2D eigenvalue weighted by Crippen LogP contribution is 2.28. The fourth-order valence-electron chi connectivity index (χ4n) is 3.06. The number of nitrogen functional groups attached to an aromatic ring is 2. The van der Waals surface area contributed by atoms with Crippen molar-refractivity contribution in [3.05, 3.63) is 81.1 Å². The van der Waals surface area contributed by atoms with Crippen molar-refractivity contribution in [3.63, 3.8) is 0 Å². The van der Waals surface area contributed by atoms with Crippen LogP contribution in [-0.4, -0.2) is 35.4 Å². The van der Waals surface area contributed by atoms with Crippen molar-refractivity contribution in [1.82, 2.24) is 14.9 Å². The van der Waals surface area contributed by atoms with Crippen molar-refractivity contribution >= 4 is 34.7 Å². The Morgan fingerprint density at radius 1 is 1.18 bits per heavy atom. The van der Waals surface area contributed by atoms with Gasteiger partial charge in [-0.1, -0.05) is 41.9 Å². The van der Waals surface area contributed by atoms with Gasteiger partial charge in [-0.2, -0.15) is 0 Å². The van der Waals surface area contributed by atoms with Gasteiger partial charge in [-0.25, -0.2) is 5.01 Å². The van der Waals surface area contributed by atoms with Crippen LogP contribution < -0.4 is 32.5 Å². The van der Waals surface area contributed by atoms with E-state index in [0.717, 1.165) is 5.56 Å². The number of aromatic nitrogens is 1. The van der Waals surface area contributed by atoms with E-state index in [1.165, 1.54) is 10.6 Å². The third-order valence-corrected chi connectivity index (χ3v) is 4.98. The highest BCUT2D eigenvalue weighted by atomic mass is 35.5. The molecule has 0 spiro atoms. The first-order valence-electron chi connectivity index (χ1n) is 10.2. The van der Waals surface area contributed by atoms with Gasteiger partial charge in [0.05, 0.1) is 5.02 Å². The lowest BCUT2D eigenvalue weighted by molar-refractivity contribution is -0.121. The highest BCUT2D eigenvalue weighted by Gasteiger charge is 2.18. The molecule has 0 radical (unpaired) electrons. The van der Waals surface area contributed by atoms with Gasteiger partial charge in [0.1, 0.15) is 23.8 Å². The van der Waals surface area contributed by atoms with Gasteiger partial charge < -0.3 is 26.9 Å². The summed E-state index contributed by atoms with van der Waals surface area (Å²) < 4.78 is 7.05. The van der Waals surface area contributed by atoms with Crippen LogP contribution in [0.4, 0.5) is 11.4 Å². The minimum Gasteiger partial charge on any atom is -0.441 e. The van der Waals surface area contributed by atoms with Crippen LogP contribution in [-0.2, 0) is 17.9 Å². The quantitative estimate of drug-likeness (QED) is 0.135. The summed E-state index contributed by atoms with van der Waals surface area (Å²) in [7, 11) is 3.42. The Kier molecular flexibility index (Phi) is 7.77. The van der Waals surface area contributed by atoms with Gasteiger partial charge in [-0.3, -0.25) is 19.6 Å². The predicted molar refractivity (Wildman–Crippen MR) is 133 cm³/mol. The number of anilines is 2. The first-order valence-corrected chi connectivity index (χ1v) is 10.6. The molecular weight excluding hydrogens is 458 g/mol. The van der Waals surface area contributed by atoms with Gasteiger partial charge in [0, 0.05) is 44.0 Å². The van der Waals surface area contributed by atoms with Crippen LogP contribution in [0.2, 0.25) is 5.02 Å². The van der Waals surface area contributed by atoms with Crippen molar-refractivity contribution in [2.75, 3.05) is 25.3 Å². The summed E-state index contributed by atoms with van der Waals surface area (Å²) in [5.74, 6) is 0.0372. The van der Waals surface area contributed by atoms with E-state index < -0.39 is 11.5 Å². The molecule has 10 nitrogen and oxygen atoms in total. The van der Waals surface area contributed by atoms with E-state index >= 15 is 0 Å². The van der Waals surface area contributed by atoms with Crippen molar-refractivity contribution in [2.24, 2.45) is 5.73 Å². The maximum absolute atomic E-state index is 13.2. The molecule has 0 bridgehead atoms. The number of halogens is 1. The first-order chi connectivity index (χ1) is 16.1. The molecule has 3 aromatic rings. The average Bonchev–Trinajstić information content (AvgIpc) is 2.78. The Bertz CT molecular complexity index is 1260. The number of carbonyl (C=O) groups is 1. The van der Waals surface area contributed by atoms with Crippen LogP contribution in [0, 0.1) is 5.41 Å². The summed E-state index contributed by atoms with van der Waals surface area (Å²) >= 11 is 6.33. The minimum absolute atomic E-state index is 0.0347. The molecule has 0 saturated heterocycles. The van der Waals surface area contributed by atoms with Crippen molar-refractivity contribution < 1.29 is 9.53 Å². The Labute approximate surface area is 201 Å². The third-order valence-electron chi connectivity index (χ3n) is 4.69. The van der Waals surface area contributed by atoms with Gasteiger partial charge in [0.2, 0.25) is 11.8 Å². The Morgan fingerprint density at radius 2 is 1.88 bits per heavy atom. The summed E-state index contributed by atoms with van der Waals surface area (Å²) in [6.45, 7) is -0.0745. The summed E-state index contributed by atoms with van der Waals surface area (Å²) in [5.41, 5.74) is 15.6. The number of amidine groups is 1. The molecule has 3 rings (SSSR count). The number of amides is 1. The van der Waals surface area contributed by atoms with Gasteiger partial charge in [0.25, 0.3) is 5.56 Å². The van der Waals surface area contributed by atoms with Crippen LogP contribution in [0.15, 0.2) is 59.4 Å². The molecule has 1 aromatic heterocycles. The van der Waals surface area contributed by atoms with Crippen molar-refractivity contribution in [3.8, 4) is 11.6 Å². The number of benzene rings is 2. The first kappa shape index (κ1) is 24.6. The number of rotatable bonds is 9. The lowest BCUT2D eigenvalue weighted by atomic mass is 10.1. The highest BCUT2D eigenvalue weighted by molar-refractivity contribution is 6.33. The van der Waals surface area contributed by atoms with Crippen molar-refractivity contribution in [2.45, 2.75) is 13.1 Å². The van der Waals surface area contributed by atoms with Gasteiger partial charge in [-0.15, -0.1) is 0 Å². The molecule has 0 atom stereocenters. The number of hydrogen-bond acceptors (Lipinski definition) is 7.